The van der Waals surface area contributed by atoms with Gasteiger partial charge in [0.15, 0.2) is 0 Å². The van der Waals surface area contributed by atoms with Crippen molar-refractivity contribution in [2.75, 3.05) is 19.8 Å². The zero-order chi connectivity index (χ0) is 14.2. The third-order valence-corrected chi connectivity index (χ3v) is 3.54. The maximum Gasteiger partial charge on any atom is 0.119 e. The first kappa shape index (κ1) is 15.0. The maximum absolute atomic E-state index is 9.20. The van der Waals surface area contributed by atoms with Crippen molar-refractivity contribution >= 4 is 11.3 Å². The highest BCUT2D eigenvalue weighted by molar-refractivity contribution is 7.07. The van der Waals surface area contributed by atoms with Gasteiger partial charge in [-0.25, -0.2) is 4.98 Å². The van der Waals surface area contributed by atoms with Crippen LogP contribution in [0.4, 0.5) is 0 Å². The van der Waals surface area contributed by atoms with Crippen LogP contribution in [0.5, 0.6) is 5.75 Å². The van der Waals surface area contributed by atoms with Gasteiger partial charge in [-0.2, -0.15) is 0 Å². The molecule has 2 rings (SSSR count). The maximum atomic E-state index is 9.20. The predicted octanol–water partition coefficient (Wildman–Crippen LogP) is 2.54. The third kappa shape index (κ3) is 4.59. The Bertz CT molecular complexity index is 502. The van der Waals surface area contributed by atoms with Crippen LogP contribution < -0.4 is 4.74 Å². The van der Waals surface area contributed by atoms with Crippen molar-refractivity contribution in [1.29, 1.82) is 0 Å². The smallest absolute Gasteiger partial charge is 0.119 e. The van der Waals surface area contributed by atoms with Crippen LogP contribution in [-0.4, -0.2) is 34.7 Å². The number of thiazole rings is 1. The van der Waals surface area contributed by atoms with Crippen molar-refractivity contribution in [3.05, 3.63) is 46.4 Å². The molecule has 20 heavy (non-hydrogen) atoms. The summed E-state index contributed by atoms with van der Waals surface area (Å²) in [6.45, 7) is 4.96. The minimum atomic E-state index is 0.148. The number of aromatic nitrogens is 1. The zero-order valence-electron chi connectivity index (χ0n) is 11.7. The van der Waals surface area contributed by atoms with Gasteiger partial charge in [0.25, 0.3) is 0 Å². The second-order valence-electron chi connectivity index (χ2n) is 4.49. The molecule has 0 bridgehead atoms. The molecule has 1 N–H and O–H groups in total. The monoisotopic (exact) mass is 292 g/mol. The van der Waals surface area contributed by atoms with E-state index in [1.807, 2.05) is 29.9 Å². The molecular weight excluding hydrogens is 272 g/mol. The van der Waals surface area contributed by atoms with E-state index in [9.17, 15) is 5.11 Å². The first-order valence-electron chi connectivity index (χ1n) is 6.74. The van der Waals surface area contributed by atoms with E-state index in [1.54, 1.807) is 11.3 Å². The molecule has 2 aromatic rings. The van der Waals surface area contributed by atoms with Crippen LogP contribution >= 0.6 is 11.3 Å². The molecule has 0 saturated carbocycles. The molecule has 0 aliphatic heterocycles. The van der Waals surface area contributed by atoms with Gasteiger partial charge in [0.1, 0.15) is 5.75 Å². The van der Waals surface area contributed by atoms with Gasteiger partial charge < -0.3 is 9.84 Å². The highest BCUT2D eigenvalue weighted by Crippen LogP contribution is 2.16. The summed E-state index contributed by atoms with van der Waals surface area (Å²) in [7, 11) is 0. The van der Waals surface area contributed by atoms with Crippen LogP contribution in [-0.2, 0) is 13.1 Å². The van der Waals surface area contributed by atoms with E-state index in [-0.39, 0.29) is 6.61 Å². The topological polar surface area (TPSA) is 45.6 Å². The Labute approximate surface area is 123 Å². The van der Waals surface area contributed by atoms with Crippen molar-refractivity contribution < 1.29 is 9.84 Å². The van der Waals surface area contributed by atoms with E-state index in [0.717, 1.165) is 24.5 Å². The van der Waals surface area contributed by atoms with Crippen LogP contribution in [0.15, 0.2) is 35.2 Å². The van der Waals surface area contributed by atoms with Crippen LogP contribution in [0.3, 0.4) is 0 Å². The highest BCUT2D eigenvalue weighted by atomic mass is 32.1. The summed E-state index contributed by atoms with van der Waals surface area (Å²) < 4.78 is 5.52. The number of nitrogens with zero attached hydrogens (tertiary/aromatic N) is 2. The first-order valence-corrected chi connectivity index (χ1v) is 7.68. The lowest BCUT2D eigenvalue weighted by atomic mass is 10.2. The van der Waals surface area contributed by atoms with Gasteiger partial charge in [-0.15, -0.1) is 11.3 Å². The van der Waals surface area contributed by atoms with Crippen molar-refractivity contribution in [1.82, 2.24) is 9.88 Å². The predicted molar refractivity (Wildman–Crippen MR) is 80.9 cm³/mol. The van der Waals surface area contributed by atoms with Crippen molar-refractivity contribution in [2.24, 2.45) is 0 Å². The molecule has 4 nitrogen and oxygen atoms in total. The molecular formula is C15H20N2O2S. The standard InChI is InChI=1S/C15H20N2O2S/c1-2-19-15-5-3-4-13(8-15)9-17(6-7-18)10-14-11-20-12-16-14/h3-5,8,11-12,18H,2,6-7,9-10H2,1H3. The Kier molecular flexibility index (Phi) is 5.98. The van der Waals surface area contributed by atoms with Crippen LogP contribution in [0.2, 0.25) is 0 Å². The summed E-state index contributed by atoms with van der Waals surface area (Å²) in [6.07, 6.45) is 0. The van der Waals surface area contributed by atoms with Crippen molar-refractivity contribution in [2.45, 2.75) is 20.0 Å². The Hall–Kier alpha value is -1.43. The third-order valence-electron chi connectivity index (χ3n) is 2.90. The summed E-state index contributed by atoms with van der Waals surface area (Å²) in [6, 6.07) is 8.09. The van der Waals surface area contributed by atoms with E-state index >= 15 is 0 Å². The number of aliphatic hydroxyl groups is 1. The van der Waals surface area contributed by atoms with Crippen LogP contribution in [0.25, 0.3) is 0 Å². The van der Waals surface area contributed by atoms with Crippen molar-refractivity contribution in [3.63, 3.8) is 0 Å². The molecule has 1 aromatic heterocycles. The number of rotatable bonds is 8. The minimum absolute atomic E-state index is 0.148. The van der Waals surface area contributed by atoms with E-state index in [4.69, 9.17) is 4.74 Å². The first-order chi connectivity index (χ1) is 9.81. The SMILES string of the molecule is CCOc1cccc(CN(CCO)Cc2cscn2)c1. The lowest BCUT2D eigenvalue weighted by Crippen LogP contribution is -2.26. The molecule has 1 aromatic carbocycles. The van der Waals surface area contributed by atoms with Gasteiger partial charge in [0.2, 0.25) is 0 Å². The van der Waals surface area contributed by atoms with Gasteiger partial charge in [-0.05, 0) is 24.6 Å². The summed E-state index contributed by atoms with van der Waals surface area (Å²) in [4.78, 5) is 6.48. The molecule has 5 heteroatoms. The quantitative estimate of drug-likeness (QED) is 0.812. The number of ether oxygens (including phenoxy) is 1. The Morgan fingerprint density at radius 3 is 2.95 bits per heavy atom. The van der Waals surface area contributed by atoms with Crippen molar-refractivity contribution in [3.8, 4) is 5.75 Å². The average molecular weight is 292 g/mol. The number of aliphatic hydroxyl groups excluding tert-OH is 1. The van der Waals surface area contributed by atoms with E-state index in [1.165, 1.54) is 5.56 Å². The van der Waals surface area contributed by atoms with Gasteiger partial charge in [-0.3, -0.25) is 4.90 Å². The zero-order valence-corrected chi connectivity index (χ0v) is 12.5. The Balaban J connectivity index is 2.01. The molecule has 0 saturated heterocycles. The second kappa shape index (κ2) is 7.99. The molecule has 0 spiro atoms. The fourth-order valence-corrected chi connectivity index (χ4v) is 2.61. The molecule has 0 fully saturated rings. The Morgan fingerprint density at radius 1 is 1.35 bits per heavy atom. The minimum Gasteiger partial charge on any atom is -0.494 e. The van der Waals surface area contributed by atoms with E-state index < -0.39 is 0 Å². The summed E-state index contributed by atoms with van der Waals surface area (Å²) in [5.74, 6) is 0.891. The van der Waals surface area contributed by atoms with Gasteiger partial charge >= 0.3 is 0 Å². The van der Waals surface area contributed by atoms with Crippen LogP contribution in [0.1, 0.15) is 18.2 Å². The molecule has 108 valence electrons. The molecule has 0 unspecified atom stereocenters. The fourth-order valence-electron chi connectivity index (χ4n) is 2.06. The van der Waals surface area contributed by atoms with E-state index in [2.05, 4.69) is 22.0 Å². The number of benzene rings is 1. The van der Waals surface area contributed by atoms with Crippen LogP contribution in [0, 0.1) is 0 Å². The lowest BCUT2D eigenvalue weighted by Gasteiger charge is -2.20. The average Bonchev–Trinajstić information content (AvgIpc) is 2.93. The van der Waals surface area contributed by atoms with Gasteiger partial charge in [0.05, 0.1) is 24.4 Å². The van der Waals surface area contributed by atoms with Gasteiger partial charge in [-0.1, -0.05) is 12.1 Å². The highest BCUT2D eigenvalue weighted by Gasteiger charge is 2.08. The summed E-state index contributed by atoms with van der Waals surface area (Å²) in [5.41, 5.74) is 4.06. The number of hydrogen-bond donors (Lipinski definition) is 1. The number of hydrogen-bond acceptors (Lipinski definition) is 5. The molecule has 0 amide bonds. The molecule has 0 aliphatic carbocycles. The summed E-state index contributed by atoms with van der Waals surface area (Å²) >= 11 is 1.59. The van der Waals surface area contributed by atoms with E-state index in [0.29, 0.717) is 13.2 Å². The molecule has 1 heterocycles. The molecule has 0 aliphatic rings. The van der Waals surface area contributed by atoms with Gasteiger partial charge in [0, 0.05) is 25.0 Å². The largest absolute Gasteiger partial charge is 0.494 e. The summed E-state index contributed by atoms with van der Waals surface area (Å²) in [5, 5.41) is 11.2. The molecule has 0 atom stereocenters. The second-order valence-corrected chi connectivity index (χ2v) is 5.21. The molecule has 0 radical (unpaired) electrons. The lowest BCUT2D eigenvalue weighted by molar-refractivity contribution is 0.183. The normalized spacial score (nSPS) is 10.9. The fraction of sp³-hybridized carbons (Fsp3) is 0.400. The Morgan fingerprint density at radius 2 is 2.25 bits per heavy atom.